The van der Waals surface area contributed by atoms with E-state index in [1.54, 1.807) is 6.92 Å². The number of hydrogen-bond donors (Lipinski definition) is 3. The molecule has 1 aromatic carbocycles. The molecular formula is C19H21BrFN3O3S. The maximum atomic E-state index is 14.7. The Kier molecular flexibility index (Phi) is 4.99. The molecule has 0 spiro atoms. The highest BCUT2D eigenvalue weighted by Gasteiger charge is 2.30. The van der Waals surface area contributed by atoms with Crippen LogP contribution in [0.2, 0.25) is 0 Å². The van der Waals surface area contributed by atoms with Crippen LogP contribution in [0.3, 0.4) is 0 Å². The second-order valence-electron chi connectivity index (χ2n) is 7.20. The third kappa shape index (κ3) is 3.24. The largest absolute Gasteiger partial charge is 0.449 e. The molecule has 2 aliphatic carbocycles. The SMILES string of the molecule is Cc1oc(S(=N)(=O)NC(=O)Nc2c3c(c(F)c4c2CCC4)CCC3)cc1CBr. The van der Waals surface area contributed by atoms with Crippen LogP contribution in [-0.4, -0.2) is 10.2 Å². The summed E-state index contributed by atoms with van der Waals surface area (Å²) in [5.74, 6) is 0.423. The molecule has 3 N–H and O–H groups in total. The highest BCUT2D eigenvalue weighted by Crippen LogP contribution is 2.40. The van der Waals surface area contributed by atoms with Crippen LogP contribution >= 0.6 is 15.9 Å². The van der Waals surface area contributed by atoms with Gasteiger partial charge in [-0.1, -0.05) is 15.9 Å². The molecule has 1 aromatic heterocycles. The van der Waals surface area contributed by atoms with Gasteiger partial charge in [0.1, 0.15) is 11.6 Å². The molecule has 1 heterocycles. The Balaban J connectivity index is 1.61. The zero-order chi connectivity index (χ0) is 20.1. The highest BCUT2D eigenvalue weighted by atomic mass is 79.9. The fraction of sp³-hybridized carbons (Fsp3) is 0.421. The van der Waals surface area contributed by atoms with Gasteiger partial charge in [-0.25, -0.2) is 22.9 Å². The first kappa shape index (κ1) is 19.4. The molecule has 2 aromatic rings. The zero-order valence-electron chi connectivity index (χ0n) is 15.4. The Hall–Kier alpha value is -1.87. The summed E-state index contributed by atoms with van der Waals surface area (Å²) in [5, 5.41) is 3.17. The molecule has 0 radical (unpaired) electrons. The Morgan fingerprint density at radius 3 is 2.32 bits per heavy atom. The number of furan rings is 1. The minimum atomic E-state index is -3.65. The van der Waals surface area contributed by atoms with Crippen molar-refractivity contribution in [2.75, 3.05) is 5.32 Å². The Bertz CT molecular complexity index is 1040. The monoisotopic (exact) mass is 469 g/mol. The van der Waals surface area contributed by atoms with Crippen molar-refractivity contribution in [3.05, 3.63) is 45.5 Å². The highest BCUT2D eigenvalue weighted by molar-refractivity contribution is 9.08. The van der Waals surface area contributed by atoms with E-state index in [0.717, 1.165) is 29.5 Å². The summed E-state index contributed by atoms with van der Waals surface area (Å²) in [7, 11) is -3.65. The molecule has 9 heteroatoms. The third-order valence-corrected chi connectivity index (χ3v) is 7.31. The number of halogens is 2. The summed E-state index contributed by atoms with van der Waals surface area (Å²) in [6, 6.07) is 0.761. The minimum Gasteiger partial charge on any atom is -0.449 e. The molecule has 1 atom stereocenters. The molecule has 0 saturated carbocycles. The smallest absolute Gasteiger partial charge is 0.332 e. The standard InChI is InChI=1S/C19H21BrFN3O3S/c1-10-11(9-20)8-16(27-10)28(22,26)24-19(25)23-18-14-6-2-4-12(14)17(21)13-5-3-7-15(13)18/h8H,2-7,9H2,1H3,(H3,22,23,24,25,26). The summed E-state index contributed by atoms with van der Waals surface area (Å²) in [4.78, 5) is 12.6. The number of hydrogen-bond acceptors (Lipinski definition) is 4. The van der Waals surface area contributed by atoms with Crippen LogP contribution in [0.25, 0.3) is 0 Å². The number of carbonyl (C=O) groups is 1. The molecule has 1 unspecified atom stereocenters. The van der Waals surface area contributed by atoms with E-state index in [1.807, 2.05) is 0 Å². The topological polar surface area (TPSA) is 95.2 Å². The van der Waals surface area contributed by atoms with Crippen molar-refractivity contribution in [2.24, 2.45) is 0 Å². The lowest BCUT2D eigenvalue weighted by Gasteiger charge is -2.17. The van der Waals surface area contributed by atoms with E-state index in [9.17, 15) is 13.4 Å². The third-order valence-electron chi connectivity index (χ3n) is 5.47. The van der Waals surface area contributed by atoms with Crippen molar-refractivity contribution >= 4 is 37.6 Å². The van der Waals surface area contributed by atoms with Crippen LogP contribution in [0.1, 0.15) is 46.4 Å². The van der Waals surface area contributed by atoms with E-state index in [0.29, 0.717) is 53.6 Å². The minimum absolute atomic E-state index is 0.0934. The van der Waals surface area contributed by atoms with Gasteiger partial charge in [0, 0.05) is 22.6 Å². The van der Waals surface area contributed by atoms with Crippen molar-refractivity contribution in [1.29, 1.82) is 4.78 Å². The summed E-state index contributed by atoms with van der Waals surface area (Å²) in [6.45, 7) is 1.71. The lowest BCUT2D eigenvalue weighted by molar-refractivity contribution is 0.256. The van der Waals surface area contributed by atoms with Gasteiger partial charge in [-0.2, -0.15) is 0 Å². The lowest BCUT2D eigenvalue weighted by Crippen LogP contribution is -2.34. The Morgan fingerprint density at radius 2 is 1.79 bits per heavy atom. The Morgan fingerprint density at radius 1 is 1.21 bits per heavy atom. The van der Waals surface area contributed by atoms with Gasteiger partial charge in [0.2, 0.25) is 5.09 Å². The number of nitrogens with one attached hydrogen (secondary N) is 3. The second kappa shape index (κ2) is 7.18. The number of aryl methyl sites for hydroxylation is 1. The lowest BCUT2D eigenvalue weighted by atomic mass is 9.98. The molecule has 2 amide bonds. The quantitative estimate of drug-likeness (QED) is 0.564. The molecule has 2 aliphatic rings. The second-order valence-corrected chi connectivity index (χ2v) is 9.48. The van der Waals surface area contributed by atoms with Gasteiger partial charge >= 0.3 is 6.03 Å². The van der Waals surface area contributed by atoms with Crippen molar-refractivity contribution in [3.8, 4) is 0 Å². The maximum Gasteiger partial charge on any atom is 0.332 e. The van der Waals surface area contributed by atoms with Crippen molar-refractivity contribution in [1.82, 2.24) is 4.72 Å². The molecule has 4 rings (SSSR count). The number of fused-ring (bicyclic) bond motifs is 2. The number of rotatable bonds is 4. The van der Waals surface area contributed by atoms with Crippen LogP contribution < -0.4 is 10.0 Å². The van der Waals surface area contributed by atoms with Gasteiger partial charge in [-0.15, -0.1) is 0 Å². The molecule has 6 nitrogen and oxygen atoms in total. The van der Waals surface area contributed by atoms with Gasteiger partial charge in [0.05, 0.1) is 0 Å². The normalized spacial score (nSPS) is 17.1. The Labute approximate surface area is 171 Å². The predicted molar refractivity (Wildman–Crippen MR) is 108 cm³/mol. The first-order valence-electron chi connectivity index (χ1n) is 9.19. The molecule has 0 aliphatic heterocycles. The molecular weight excluding hydrogens is 449 g/mol. The van der Waals surface area contributed by atoms with Crippen molar-refractivity contribution < 1.29 is 17.8 Å². The summed E-state index contributed by atoms with van der Waals surface area (Å²) in [6.07, 6.45) is 4.44. The average molecular weight is 470 g/mol. The van der Waals surface area contributed by atoms with Gasteiger partial charge < -0.3 is 9.73 Å². The molecule has 0 fully saturated rings. The van der Waals surface area contributed by atoms with E-state index in [1.165, 1.54) is 6.07 Å². The van der Waals surface area contributed by atoms with E-state index in [4.69, 9.17) is 9.20 Å². The van der Waals surface area contributed by atoms with Gasteiger partial charge in [-0.3, -0.25) is 0 Å². The zero-order valence-corrected chi connectivity index (χ0v) is 17.8. The van der Waals surface area contributed by atoms with Crippen LogP contribution in [0.15, 0.2) is 15.6 Å². The van der Waals surface area contributed by atoms with Gasteiger partial charge in [0.25, 0.3) is 0 Å². The summed E-state index contributed by atoms with van der Waals surface area (Å²) >= 11 is 3.30. The average Bonchev–Trinajstić information content (AvgIpc) is 3.37. The number of alkyl halides is 1. The number of amides is 2. The fourth-order valence-corrected chi connectivity index (χ4v) is 5.64. The first-order chi connectivity index (χ1) is 13.3. The molecule has 0 saturated heterocycles. The first-order valence-corrected chi connectivity index (χ1v) is 11.9. The van der Waals surface area contributed by atoms with E-state index in [-0.39, 0.29) is 10.9 Å². The number of carbonyl (C=O) groups excluding carboxylic acids is 1. The van der Waals surface area contributed by atoms with Crippen molar-refractivity contribution in [3.63, 3.8) is 0 Å². The van der Waals surface area contributed by atoms with Crippen LogP contribution in [0.5, 0.6) is 0 Å². The predicted octanol–water partition coefficient (Wildman–Crippen LogP) is 4.74. The molecule has 150 valence electrons. The van der Waals surface area contributed by atoms with Crippen molar-refractivity contribution in [2.45, 2.75) is 55.9 Å². The van der Waals surface area contributed by atoms with Crippen LogP contribution in [-0.2, 0) is 40.9 Å². The fourth-order valence-electron chi connectivity index (χ4n) is 4.12. The maximum absolute atomic E-state index is 14.7. The number of benzene rings is 1. The van der Waals surface area contributed by atoms with E-state index < -0.39 is 15.9 Å². The molecule has 0 bridgehead atoms. The number of urea groups is 1. The van der Waals surface area contributed by atoms with Crippen LogP contribution in [0.4, 0.5) is 14.9 Å². The number of anilines is 1. The van der Waals surface area contributed by atoms with Crippen LogP contribution in [0, 0.1) is 17.5 Å². The van der Waals surface area contributed by atoms with Gasteiger partial charge in [0.15, 0.2) is 9.92 Å². The molecule has 28 heavy (non-hydrogen) atoms. The van der Waals surface area contributed by atoms with E-state index in [2.05, 4.69) is 26.0 Å². The summed E-state index contributed by atoms with van der Waals surface area (Å²) < 4.78 is 43.2. The van der Waals surface area contributed by atoms with Gasteiger partial charge in [-0.05, 0) is 67.7 Å². The summed E-state index contributed by atoms with van der Waals surface area (Å²) in [5.41, 5.74) is 4.44. The van der Waals surface area contributed by atoms with E-state index >= 15 is 0 Å².